The van der Waals surface area contributed by atoms with Crippen LogP contribution in [0.3, 0.4) is 0 Å². The molecule has 1 unspecified atom stereocenters. The molecule has 0 radical (unpaired) electrons. The smallest absolute Gasteiger partial charge is 0.332 e. The van der Waals surface area contributed by atoms with Crippen LogP contribution >= 0.6 is 0 Å². The van der Waals surface area contributed by atoms with E-state index in [1.165, 1.54) is 0 Å². The zero-order valence-electron chi connectivity index (χ0n) is 16.0. The van der Waals surface area contributed by atoms with E-state index in [9.17, 15) is 27.9 Å². The largest absolute Gasteiger partial charge is 0.480 e. The average Bonchev–Trinajstić information content (AvgIpc) is 2.88. The minimum Gasteiger partial charge on any atom is -0.480 e. The number of carbonyl (C=O) groups is 3. The topological polar surface area (TPSA) is 118 Å². The second-order valence-electron chi connectivity index (χ2n) is 7.46. The Morgan fingerprint density at radius 1 is 1.07 bits per heavy atom. The third-order valence-electron chi connectivity index (χ3n) is 5.78. The van der Waals surface area contributed by atoms with Gasteiger partial charge in [-0.05, 0) is 18.1 Å². The maximum Gasteiger partial charge on any atom is 0.332 e. The maximum absolute atomic E-state index is 13.2. The molecule has 2 fully saturated rings. The summed E-state index contributed by atoms with van der Waals surface area (Å²) >= 11 is 0. The molecule has 9 heteroatoms. The van der Waals surface area contributed by atoms with Gasteiger partial charge in [0.2, 0.25) is 5.91 Å². The summed E-state index contributed by atoms with van der Waals surface area (Å²) in [5.41, 5.74) is 1.25. The van der Waals surface area contributed by atoms with Crippen molar-refractivity contribution in [2.24, 2.45) is 0 Å². The average molecular weight is 429 g/mol. The molecule has 2 heterocycles. The van der Waals surface area contributed by atoms with Crippen molar-refractivity contribution in [3.05, 3.63) is 71.8 Å². The number of sulfone groups is 1. The summed E-state index contributed by atoms with van der Waals surface area (Å²) in [4.78, 5) is 38.1. The first kappa shape index (κ1) is 20.1. The lowest BCUT2D eigenvalue weighted by molar-refractivity contribution is -0.167. The lowest BCUT2D eigenvalue weighted by atomic mass is 9.96. The number of ether oxygens (including phenoxy) is 1. The predicted octanol–water partition coefficient (Wildman–Crippen LogP) is 1.52. The first-order chi connectivity index (χ1) is 14.2. The maximum atomic E-state index is 13.2. The predicted molar refractivity (Wildman–Crippen MR) is 105 cm³/mol. The van der Waals surface area contributed by atoms with Crippen molar-refractivity contribution >= 4 is 27.7 Å². The number of rotatable bonds is 5. The highest BCUT2D eigenvalue weighted by molar-refractivity contribution is 7.94. The summed E-state index contributed by atoms with van der Waals surface area (Å²) in [6, 6.07) is 15.8. The van der Waals surface area contributed by atoms with Gasteiger partial charge in [0.15, 0.2) is 26.7 Å². The molecule has 0 aromatic heterocycles. The quantitative estimate of drug-likeness (QED) is 0.565. The van der Waals surface area contributed by atoms with E-state index < -0.39 is 49.9 Å². The van der Waals surface area contributed by atoms with E-state index in [-0.39, 0.29) is 6.42 Å². The molecule has 8 nitrogen and oxygen atoms in total. The highest BCUT2D eigenvalue weighted by atomic mass is 32.2. The molecular formula is C21H19NO7S. The number of aliphatic carboxylic acids is 1. The number of fused-ring (bicyclic) bond motifs is 1. The monoisotopic (exact) mass is 429 g/mol. The minimum atomic E-state index is -4.31. The van der Waals surface area contributed by atoms with Gasteiger partial charge in [-0.3, -0.25) is 9.59 Å². The molecular weight excluding hydrogens is 410 g/mol. The van der Waals surface area contributed by atoms with Gasteiger partial charge in [-0.1, -0.05) is 60.7 Å². The molecule has 2 aromatic carbocycles. The van der Waals surface area contributed by atoms with Crippen molar-refractivity contribution in [1.82, 2.24) is 4.90 Å². The Balaban J connectivity index is 1.75. The highest BCUT2D eigenvalue weighted by Crippen LogP contribution is 2.47. The van der Waals surface area contributed by atoms with Gasteiger partial charge in [0.1, 0.15) is 5.37 Å². The van der Waals surface area contributed by atoms with Crippen LogP contribution in [-0.2, 0) is 29.0 Å². The fourth-order valence-electron chi connectivity index (χ4n) is 4.02. The van der Waals surface area contributed by atoms with E-state index in [0.29, 0.717) is 11.1 Å². The van der Waals surface area contributed by atoms with Crippen molar-refractivity contribution in [2.45, 2.75) is 35.6 Å². The summed E-state index contributed by atoms with van der Waals surface area (Å²) in [5, 5.41) is 8.40. The van der Waals surface area contributed by atoms with Crippen LogP contribution in [0.15, 0.2) is 60.7 Å². The van der Waals surface area contributed by atoms with Crippen molar-refractivity contribution in [1.29, 1.82) is 0 Å². The van der Waals surface area contributed by atoms with Gasteiger partial charge in [0.25, 0.3) is 0 Å². The van der Waals surface area contributed by atoms with Gasteiger partial charge in [0, 0.05) is 0 Å². The number of hydrogen-bond acceptors (Lipinski definition) is 6. The Labute approximate surface area is 173 Å². The van der Waals surface area contributed by atoms with E-state index in [4.69, 9.17) is 4.74 Å². The van der Waals surface area contributed by atoms with Gasteiger partial charge in [-0.2, -0.15) is 0 Å². The normalized spacial score (nSPS) is 26.7. The first-order valence-corrected chi connectivity index (χ1v) is 10.8. The zero-order chi connectivity index (χ0) is 21.7. The number of amides is 1. The molecule has 1 N–H and O–H groups in total. The van der Waals surface area contributed by atoms with Crippen LogP contribution in [-0.4, -0.2) is 52.4 Å². The van der Waals surface area contributed by atoms with Crippen LogP contribution in [0.1, 0.15) is 30.6 Å². The molecule has 2 aliphatic rings. The molecule has 2 saturated heterocycles. The SMILES string of the molecule is C[C@]1(C(=O)O)[C@H](C(=O)OC(c2ccccc2)c2ccccc2)N2C(=O)CC2S1(=O)=O. The minimum absolute atomic E-state index is 0.338. The van der Waals surface area contributed by atoms with E-state index in [1.807, 2.05) is 0 Å². The van der Waals surface area contributed by atoms with Gasteiger partial charge in [0.05, 0.1) is 6.42 Å². The summed E-state index contributed by atoms with van der Waals surface area (Å²) in [5.74, 6) is -3.36. The first-order valence-electron chi connectivity index (χ1n) is 9.28. The summed E-state index contributed by atoms with van der Waals surface area (Å²) in [6.45, 7) is 0.961. The van der Waals surface area contributed by atoms with Crippen LogP contribution in [0, 0.1) is 0 Å². The Morgan fingerprint density at radius 2 is 1.57 bits per heavy atom. The molecule has 3 atom stereocenters. The standard InChI is InChI=1S/C21H19NO7S/c1-21(20(25)26)18(22-15(23)12-16(22)30(21,27)28)19(24)29-17(13-8-4-2-5-9-13)14-10-6-3-7-11-14/h2-11,16-18H,12H2,1H3,(H,25,26)/t16?,18-,21+/m0/s1. The van der Waals surface area contributed by atoms with Crippen LogP contribution < -0.4 is 0 Å². The van der Waals surface area contributed by atoms with Gasteiger partial charge in [-0.15, -0.1) is 0 Å². The van der Waals surface area contributed by atoms with Gasteiger partial charge in [-0.25, -0.2) is 13.2 Å². The van der Waals surface area contributed by atoms with Crippen molar-refractivity contribution in [2.75, 3.05) is 0 Å². The van der Waals surface area contributed by atoms with Crippen LogP contribution in [0.25, 0.3) is 0 Å². The number of carboxylic acids is 1. The Hall–Kier alpha value is -3.20. The van der Waals surface area contributed by atoms with Crippen LogP contribution in [0.5, 0.6) is 0 Å². The van der Waals surface area contributed by atoms with E-state index in [2.05, 4.69) is 0 Å². The molecule has 2 aromatic rings. The number of carbonyl (C=O) groups excluding carboxylic acids is 2. The number of benzene rings is 2. The molecule has 30 heavy (non-hydrogen) atoms. The Kier molecular flexibility index (Phi) is 4.65. The van der Waals surface area contributed by atoms with E-state index in [1.54, 1.807) is 60.7 Å². The molecule has 0 saturated carbocycles. The van der Waals surface area contributed by atoms with Crippen molar-refractivity contribution < 1.29 is 32.6 Å². The van der Waals surface area contributed by atoms with Crippen LogP contribution in [0.2, 0.25) is 0 Å². The number of nitrogens with zero attached hydrogens (tertiary/aromatic N) is 1. The van der Waals surface area contributed by atoms with Crippen molar-refractivity contribution in [3.8, 4) is 0 Å². The zero-order valence-corrected chi connectivity index (χ0v) is 16.8. The molecule has 2 aliphatic heterocycles. The molecule has 156 valence electrons. The van der Waals surface area contributed by atoms with Crippen molar-refractivity contribution in [3.63, 3.8) is 0 Å². The number of hydrogen-bond donors (Lipinski definition) is 1. The lowest BCUT2D eigenvalue weighted by Gasteiger charge is -2.36. The molecule has 0 aliphatic carbocycles. The van der Waals surface area contributed by atoms with E-state index >= 15 is 0 Å². The van der Waals surface area contributed by atoms with Gasteiger partial charge >= 0.3 is 11.9 Å². The number of β-lactam (4-membered cyclic amide) rings is 1. The molecule has 1 amide bonds. The van der Waals surface area contributed by atoms with Gasteiger partial charge < -0.3 is 14.7 Å². The summed E-state index contributed by atoms with van der Waals surface area (Å²) in [7, 11) is -4.31. The Morgan fingerprint density at radius 3 is 2.00 bits per heavy atom. The summed E-state index contributed by atoms with van der Waals surface area (Å²) < 4.78 is 28.8. The number of esters is 1. The third-order valence-corrected chi connectivity index (χ3v) is 8.47. The third kappa shape index (κ3) is 2.72. The fraction of sp³-hybridized carbons (Fsp3) is 0.286. The molecule has 0 spiro atoms. The molecule has 4 rings (SSSR count). The van der Waals surface area contributed by atoms with Crippen LogP contribution in [0.4, 0.5) is 0 Å². The molecule has 0 bridgehead atoms. The Bertz CT molecular complexity index is 1080. The second-order valence-corrected chi connectivity index (χ2v) is 9.94. The lowest BCUT2D eigenvalue weighted by Crippen LogP contribution is -2.59. The summed E-state index contributed by atoms with van der Waals surface area (Å²) in [6.07, 6.45) is -1.23. The number of carboxylic acid groups (broad SMARTS) is 1. The van der Waals surface area contributed by atoms with E-state index in [0.717, 1.165) is 11.8 Å². The second kappa shape index (κ2) is 6.94. The fourth-order valence-corrected chi connectivity index (χ4v) is 6.25. The highest BCUT2D eigenvalue weighted by Gasteiger charge is 2.73.